The van der Waals surface area contributed by atoms with Gasteiger partial charge in [-0.05, 0) is 25.0 Å². The average Bonchev–Trinajstić information content (AvgIpc) is 2.90. The molecule has 21 heavy (non-hydrogen) atoms. The van der Waals surface area contributed by atoms with E-state index in [1.807, 2.05) is 0 Å². The molecule has 1 saturated heterocycles. The van der Waals surface area contributed by atoms with E-state index in [1.54, 1.807) is 0 Å². The number of rotatable bonds is 5. The topological polar surface area (TPSA) is 73.6 Å². The Morgan fingerprint density at radius 1 is 1.48 bits per heavy atom. The molecule has 1 fully saturated rings. The van der Waals surface area contributed by atoms with E-state index in [0.717, 1.165) is 12.1 Å². The van der Waals surface area contributed by atoms with Crippen LogP contribution in [-0.2, 0) is 9.53 Å². The first kappa shape index (κ1) is 15.6. The second-order valence-corrected chi connectivity index (χ2v) is 4.57. The summed E-state index contributed by atoms with van der Waals surface area (Å²) in [7, 11) is 0. The summed E-state index contributed by atoms with van der Waals surface area (Å²) in [5, 5.41) is 2.46. The molecular formula is C13H15F3N2O3. The van der Waals surface area contributed by atoms with Crippen LogP contribution in [0.5, 0.6) is 5.75 Å². The number of benzene rings is 1. The summed E-state index contributed by atoms with van der Waals surface area (Å²) in [5.41, 5.74) is 5.58. The summed E-state index contributed by atoms with van der Waals surface area (Å²) < 4.78 is 46.9. The molecule has 1 aromatic carbocycles. The molecule has 0 aliphatic carbocycles. The molecule has 3 N–H and O–H groups in total. The van der Waals surface area contributed by atoms with Gasteiger partial charge in [0.2, 0.25) is 0 Å². The number of amides is 1. The summed E-state index contributed by atoms with van der Waals surface area (Å²) in [4.78, 5) is 11.9. The predicted molar refractivity (Wildman–Crippen MR) is 68.6 cm³/mol. The van der Waals surface area contributed by atoms with Crippen molar-refractivity contribution in [2.45, 2.75) is 31.7 Å². The number of ether oxygens (including phenoxy) is 2. The number of hydrogen-bond acceptors (Lipinski definition) is 4. The molecule has 8 heteroatoms. The fraction of sp³-hybridized carbons (Fsp3) is 0.462. The number of halogens is 3. The molecule has 1 aromatic rings. The van der Waals surface area contributed by atoms with Crippen molar-refractivity contribution in [1.82, 2.24) is 0 Å². The quantitative estimate of drug-likeness (QED) is 0.871. The third-order valence-electron chi connectivity index (χ3n) is 3.08. The molecular weight excluding hydrogens is 289 g/mol. The highest BCUT2D eigenvalue weighted by Crippen LogP contribution is 2.24. The second-order valence-electron chi connectivity index (χ2n) is 4.57. The summed E-state index contributed by atoms with van der Waals surface area (Å²) in [5.74, 6) is -1.99. The standard InChI is InChI=1S/C13H15F3N2O3/c14-9-5-7(1-3-10(9)21-13(15)16)18-12(19)11-4-2-8(6-17)20-11/h1,3,5,8,11,13H,2,4,6,17H2,(H,18,19). The van der Waals surface area contributed by atoms with Gasteiger partial charge < -0.3 is 20.5 Å². The van der Waals surface area contributed by atoms with E-state index in [-0.39, 0.29) is 11.8 Å². The fourth-order valence-electron chi connectivity index (χ4n) is 2.06. The van der Waals surface area contributed by atoms with Gasteiger partial charge in [-0.15, -0.1) is 0 Å². The molecule has 2 rings (SSSR count). The summed E-state index contributed by atoms with van der Waals surface area (Å²) in [6, 6.07) is 3.20. The minimum absolute atomic E-state index is 0.138. The van der Waals surface area contributed by atoms with Crippen LogP contribution in [0.3, 0.4) is 0 Å². The Morgan fingerprint density at radius 2 is 2.24 bits per heavy atom. The van der Waals surface area contributed by atoms with Gasteiger partial charge in [0.25, 0.3) is 5.91 Å². The van der Waals surface area contributed by atoms with E-state index < -0.39 is 30.2 Å². The largest absolute Gasteiger partial charge is 0.432 e. The van der Waals surface area contributed by atoms with Gasteiger partial charge in [0.1, 0.15) is 6.10 Å². The molecule has 116 valence electrons. The molecule has 1 aliphatic rings. The van der Waals surface area contributed by atoms with Crippen molar-refractivity contribution < 1.29 is 27.4 Å². The SMILES string of the molecule is NCC1CCC(C(=O)Nc2ccc(OC(F)F)c(F)c2)O1. The van der Waals surface area contributed by atoms with Gasteiger partial charge in [-0.2, -0.15) is 8.78 Å². The molecule has 0 bridgehead atoms. The second kappa shape index (κ2) is 6.77. The van der Waals surface area contributed by atoms with Gasteiger partial charge in [-0.25, -0.2) is 4.39 Å². The number of carbonyl (C=O) groups excluding carboxylic acids is 1. The highest BCUT2D eigenvalue weighted by molar-refractivity contribution is 5.94. The van der Waals surface area contributed by atoms with E-state index in [9.17, 15) is 18.0 Å². The Kier molecular flexibility index (Phi) is 5.03. The third-order valence-corrected chi connectivity index (χ3v) is 3.08. The summed E-state index contributed by atoms with van der Waals surface area (Å²) in [6.07, 6.45) is 0.422. The highest BCUT2D eigenvalue weighted by atomic mass is 19.3. The Morgan fingerprint density at radius 3 is 2.81 bits per heavy atom. The maximum atomic E-state index is 13.5. The molecule has 0 spiro atoms. The van der Waals surface area contributed by atoms with Crippen molar-refractivity contribution >= 4 is 11.6 Å². The maximum absolute atomic E-state index is 13.5. The van der Waals surface area contributed by atoms with Gasteiger partial charge in [-0.3, -0.25) is 4.79 Å². The van der Waals surface area contributed by atoms with Crippen LogP contribution < -0.4 is 15.8 Å². The summed E-state index contributed by atoms with van der Waals surface area (Å²) in [6.45, 7) is -2.78. The lowest BCUT2D eigenvalue weighted by Gasteiger charge is -2.13. The summed E-state index contributed by atoms with van der Waals surface area (Å²) >= 11 is 0. The zero-order chi connectivity index (χ0) is 15.4. The zero-order valence-electron chi connectivity index (χ0n) is 11.0. The molecule has 2 unspecified atom stereocenters. The fourth-order valence-corrected chi connectivity index (χ4v) is 2.06. The number of carbonyl (C=O) groups is 1. The first-order valence-electron chi connectivity index (χ1n) is 6.40. The van der Waals surface area contributed by atoms with Crippen LogP contribution >= 0.6 is 0 Å². The van der Waals surface area contributed by atoms with Gasteiger partial charge in [0, 0.05) is 18.3 Å². The van der Waals surface area contributed by atoms with Crippen molar-refractivity contribution in [2.75, 3.05) is 11.9 Å². The van der Waals surface area contributed by atoms with Gasteiger partial charge in [0.15, 0.2) is 11.6 Å². The molecule has 0 saturated carbocycles. The lowest BCUT2D eigenvalue weighted by atomic mass is 10.2. The number of hydrogen-bond donors (Lipinski definition) is 2. The van der Waals surface area contributed by atoms with Crippen LogP contribution in [0, 0.1) is 5.82 Å². The first-order chi connectivity index (χ1) is 9.99. The number of alkyl halides is 2. The molecule has 0 aromatic heterocycles. The van der Waals surface area contributed by atoms with Crippen LogP contribution in [0.25, 0.3) is 0 Å². The van der Waals surface area contributed by atoms with E-state index in [0.29, 0.717) is 19.4 Å². The smallest absolute Gasteiger partial charge is 0.387 e. The van der Waals surface area contributed by atoms with Crippen LogP contribution in [0.15, 0.2) is 18.2 Å². The zero-order valence-corrected chi connectivity index (χ0v) is 11.0. The van der Waals surface area contributed by atoms with E-state index in [1.165, 1.54) is 6.07 Å². The third kappa shape index (κ3) is 4.08. The van der Waals surface area contributed by atoms with Crippen LogP contribution in [0.4, 0.5) is 18.9 Å². The van der Waals surface area contributed by atoms with Crippen LogP contribution in [-0.4, -0.2) is 31.3 Å². The minimum Gasteiger partial charge on any atom is -0.432 e. The van der Waals surface area contributed by atoms with E-state index in [2.05, 4.69) is 10.1 Å². The highest BCUT2D eigenvalue weighted by Gasteiger charge is 2.29. The minimum atomic E-state index is -3.11. The average molecular weight is 304 g/mol. The monoisotopic (exact) mass is 304 g/mol. The molecule has 5 nitrogen and oxygen atoms in total. The van der Waals surface area contributed by atoms with Crippen LogP contribution in [0.2, 0.25) is 0 Å². The Labute approximate surface area is 119 Å². The Bertz CT molecular complexity index is 513. The lowest BCUT2D eigenvalue weighted by Crippen LogP contribution is -2.29. The Balaban J connectivity index is 1.97. The van der Waals surface area contributed by atoms with Gasteiger partial charge >= 0.3 is 6.61 Å². The maximum Gasteiger partial charge on any atom is 0.387 e. The number of anilines is 1. The van der Waals surface area contributed by atoms with Gasteiger partial charge in [0.05, 0.1) is 6.10 Å². The molecule has 1 heterocycles. The normalized spacial score (nSPS) is 21.6. The van der Waals surface area contributed by atoms with Crippen molar-refractivity contribution in [3.63, 3.8) is 0 Å². The van der Waals surface area contributed by atoms with Crippen LogP contribution in [0.1, 0.15) is 12.8 Å². The molecule has 0 radical (unpaired) electrons. The van der Waals surface area contributed by atoms with Crippen molar-refractivity contribution in [1.29, 1.82) is 0 Å². The first-order valence-corrected chi connectivity index (χ1v) is 6.40. The van der Waals surface area contributed by atoms with Gasteiger partial charge in [-0.1, -0.05) is 0 Å². The molecule has 1 amide bonds. The van der Waals surface area contributed by atoms with Crippen molar-refractivity contribution in [2.24, 2.45) is 5.73 Å². The van der Waals surface area contributed by atoms with Crippen molar-refractivity contribution in [3.8, 4) is 5.75 Å². The van der Waals surface area contributed by atoms with E-state index in [4.69, 9.17) is 10.5 Å². The predicted octanol–water partition coefficient (Wildman–Crippen LogP) is 1.87. The Hall–Kier alpha value is -1.80. The molecule has 2 atom stereocenters. The number of nitrogens with one attached hydrogen (secondary N) is 1. The van der Waals surface area contributed by atoms with Crippen molar-refractivity contribution in [3.05, 3.63) is 24.0 Å². The lowest BCUT2D eigenvalue weighted by molar-refractivity contribution is -0.126. The van der Waals surface area contributed by atoms with E-state index >= 15 is 0 Å². The molecule has 1 aliphatic heterocycles. The number of nitrogens with two attached hydrogens (primary N) is 1.